The van der Waals surface area contributed by atoms with E-state index < -0.39 is 17.9 Å². The summed E-state index contributed by atoms with van der Waals surface area (Å²) in [5, 5.41) is 3.01. The van der Waals surface area contributed by atoms with Crippen LogP contribution >= 0.6 is 23.2 Å². The minimum atomic E-state index is -0.926. The average molecular weight is 387 g/mol. The monoisotopic (exact) mass is 386 g/mol. The van der Waals surface area contributed by atoms with Gasteiger partial charge in [0.2, 0.25) is 0 Å². The molecule has 1 aliphatic carbocycles. The Morgan fingerprint density at radius 1 is 1.12 bits per heavy atom. The summed E-state index contributed by atoms with van der Waals surface area (Å²) in [5.74, 6) is -1.05. The molecule has 1 saturated carbocycles. The lowest BCUT2D eigenvalue weighted by atomic mass is 9.98. The van der Waals surface area contributed by atoms with Crippen LogP contribution in [-0.4, -0.2) is 30.6 Å². The lowest BCUT2D eigenvalue weighted by molar-refractivity contribution is -0.152. The molecule has 1 aliphatic rings. The summed E-state index contributed by atoms with van der Waals surface area (Å²) in [4.78, 5) is 24.8. The van der Waals surface area contributed by atoms with E-state index in [2.05, 4.69) is 5.32 Å². The first kappa shape index (κ1) is 20.0. The highest BCUT2D eigenvalue weighted by atomic mass is 35.5. The third-order valence-electron chi connectivity index (χ3n) is 4.35. The topological polar surface area (TPSA) is 81.4 Å². The number of benzene rings is 1. The molecule has 0 radical (unpaired) electrons. The van der Waals surface area contributed by atoms with Gasteiger partial charge in [-0.05, 0) is 37.8 Å². The molecule has 25 heavy (non-hydrogen) atoms. The van der Waals surface area contributed by atoms with Crippen molar-refractivity contribution in [3.05, 3.63) is 33.8 Å². The van der Waals surface area contributed by atoms with E-state index in [1.807, 2.05) is 0 Å². The summed E-state index contributed by atoms with van der Waals surface area (Å²) in [7, 11) is 0. The molecular weight excluding hydrogens is 363 g/mol. The molecule has 0 bridgehead atoms. The number of halogens is 2. The van der Waals surface area contributed by atoms with E-state index in [9.17, 15) is 9.59 Å². The van der Waals surface area contributed by atoms with Crippen molar-refractivity contribution < 1.29 is 14.3 Å². The quantitative estimate of drug-likeness (QED) is 0.755. The predicted octanol–water partition coefficient (Wildman–Crippen LogP) is 3.71. The second-order valence-corrected chi connectivity index (χ2v) is 7.08. The van der Waals surface area contributed by atoms with Gasteiger partial charge in [0.15, 0.2) is 0 Å². The number of carbonyl (C=O) groups excluding carboxylic acids is 2. The third-order valence-corrected chi connectivity index (χ3v) is 4.98. The number of hydrogen-bond acceptors (Lipinski definition) is 4. The van der Waals surface area contributed by atoms with Gasteiger partial charge in [0.05, 0.1) is 15.6 Å². The number of amides is 1. The number of carbonyl (C=O) groups is 2. The zero-order chi connectivity index (χ0) is 18.2. The predicted molar refractivity (Wildman–Crippen MR) is 99.0 cm³/mol. The van der Waals surface area contributed by atoms with E-state index in [1.165, 1.54) is 6.42 Å². The normalized spacial score (nSPS) is 17.2. The van der Waals surface area contributed by atoms with Crippen molar-refractivity contribution in [2.75, 3.05) is 6.54 Å². The largest absolute Gasteiger partial charge is 0.461 e. The molecule has 1 fully saturated rings. The Balaban J connectivity index is 1.98. The minimum absolute atomic E-state index is 0.0562. The van der Waals surface area contributed by atoms with Crippen LogP contribution in [0, 0.1) is 0 Å². The van der Waals surface area contributed by atoms with Crippen molar-refractivity contribution in [2.24, 2.45) is 5.73 Å². The molecule has 0 aliphatic heterocycles. The van der Waals surface area contributed by atoms with Crippen LogP contribution in [0.3, 0.4) is 0 Å². The third kappa shape index (κ3) is 5.87. The Kier molecular flexibility index (Phi) is 8.00. The molecule has 0 saturated heterocycles. The molecule has 138 valence electrons. The molecule has 2 rings (SSSR count). The van der Waals surface area contributed by atoms with Crippen molar-refractivity contribution in [1.82, 2.24) is 5.32 Å². The number of nitrogens with one attached hydrogen (secondary N) is 1. The van der Waals surface area contributed by atoms with Gasteiger partial charge in [0.25, 0.3) is 5.91 Å². The molecule has 1 aromatic rings. The van der Waals surface area contributed by atoms with Crippen molar-refractivity contribution in [2.45, 2.75) is 57.1 Å². The maximum atomic E-state index is 12.4. The highest BCUT2D eigenvalue weighted by Crippen LogP contribution is 2.24. The molecule has 7 heteroatoms. The van der Waals surface area contributed by atoms with Crippen LogP contribution in [0.5, 0.6) is 0 Å². The molecule has 3 N–H and O–H groups in total. The molecule has 0 unspecified atom stereocenters. The van der Waals surface area contributed by atoms with Crippen LogP contribution in [0.25, 0.3) is 0 Å². The van der Waals surface area contributed by atoms with Crippen molar-refractivity contribution in [3.8, 4) is 0 Å². The molecule has 1 aromatic carbocycles. The second-order valence-electron chi connectivity index (χ2n) is 6.26. The van der Waals surface area contributed by atoms with Crippen LogP contribution in [0.15, 0.2) is 18.2 Å². The standard InChI is InChI=1S/C18H24Cl2N2O3/c19-13-9-6-10-14(20)16(13)17(23)22-15(11-21)18(24)25-12-7-4-2-1-3-5-8-12/h6,9-10,12,15H,1-5,7-8,11,21H2,(H,22,23)/t15-/m0/s1. The van der Waals surface area contributed by atoms with E-state index in [-0.39, 0.29) is 28.3 Å². The van der Waals surface area contributed by atoms with Gasteiger partial charge in [0, 0.05) is 6.54 Å². The summed E-state index contributed by atoms with van der Waals surface area (Å²) in [5.41, 5.74) is 5.78. The number of rotatable bonds is 5. The maximum absolute atomic E-state index is 12.4. The first-order valence-electron chi connectivity index (χ1n) is 8.68. The van der Waals surface area contributed by atoms with E-state index in [1.54, 1.807) is 18.2 Å². The zero-order valence-electron chi connectivity index (χ0n) is 14.1. The molecule has 1 atom stereocenters. The number of ether oxygens (including phenoxy) is 1. The summed E-state index contributed by atoms with van der Waals surface area (Å²) >= 11 is 12.1. The Morgan fingerprint density at radius 2 is 1.68 bits per heavy atom. The van der Waals surface area contributed by atoms with Gasteiger partial charge in [-0.15, -0.1) is 0 Å². The molecule has 0 heterocycles. The van der Waals surface area contributed by atoms with E-state index in [0.29, 0.717) is 0 Å². The molecule has 0 aromatic heterocycles. The summed E-state index contributed by atoms with van der Waals surface area (Å²) < 4.78 is 5.58. The van der Waals surface area contributed by atoms with Crippen LogP contribution in [0.1, 0.15) is 55.3 Å². The maximum Gasteiger partial charge on any atom is 0.330 e. The molecule has 0 spiro atoms. The minimum Gasteiger partial charge on any atom is -0.461 e. The summed E-state index contributed by atoms with van der Waals surface area (Å²) in [6, 6.07) is 3.84. The van der Waals surface area contributed by atoms with E-state index in [4.69, 9.17) is 33.7 Å². The van der Waals surface area contributed by atoms with Crippen LogP contribution in [0.2, 0.25) is 10.0 Å². The number of nitrogens with two attached hydrogens (primary N) is 1. The Morgan fingerprint density at radius 3 is 2.24 bits per heavy atom. The first-order chi connectivity index (χ1) is 12.0. The van der Waals surface area contributed by atoms with Crippen molar-refractivity contribution >= 4 is 35.1 Å². The Hall–Kier alpha value is -1.30. The van der Waals surface area contributed by atoms with Gasteiger partial charge in [-0.3, -0.25) is 4.79 Å². The van der Waals surface area contributed by atoms with Gasteiger partial charge in [0.1, 0.15) is 12.1 Å². The smallest absolute Gasteiger partial charge is 0.330 e. The number of hydrogen-bond donors (Lipinski definition) is 2. The van der Waals surface area contributed by atoms with Crippen LogP contribution < -0.4 is 11.1 Å². The fourth-order valence-electron chi connectivity index (χ4n) is 2.94. The Labute approximate surface area is 158 Å². The Bertz CT molecular complexity index is 582. The van der Waals surface area contributed by atoms with E-state index in [0.717, 1.165) is 38.5 Å². The van der Waals surface area contributed by atoms with Crippen molar-refractivity contribution in [1.29, 1.82) is 0 Å². The molecular formula is C18H24Cl2N2O3. The van der Waals surface area contributed by atoms with Gasteiger partial charge < -0.3 is 15.8 Å². The molecule has 1 amide bonds. The summed E-state index contributed by atoms with van der Waals surface area (Å²) in [6.07, 6.45) is 7.26. The second kappa shape index (κ2) is 10.00. The summed E-state index contributed by atoms with van der Waals surface area (Å²) in [6.45, 7) is -0.0562. The fraction of sp³-hybridized carbons (Fsp3) is 0.556. The SMILES string of the molecule is NC[C@H](NC(=O)c1c(Cl)cccc1Cl)C(=O)OC1CCCCCCC1. The number of esters is 1. The lowest BCUT2D eigenvalue weighted by Gasteiger charge is -2.23. The first-order valence-corrected chi connectivity index (χ1v) is 9.44. The fourth-order valence-corrected chi connectivity index (χ4v) is 3.51. The van der Waals surface area contributed by atoms with Crippen LogP contribution in [0.4, 0.5) is 0 Å². The van der Waals surface area contributed by atoms with Crippen molar-refractivity contribution in [3.63, 3.8) is 0 Å². The van der Waals surface area contributed by atoms with Gasteiger partial charge in [-0.1, -0.05) is 48.5 Å². The molecule has 5 nitrogen and oxygen atoms in total. The van der Waals surface area contributed by atoms with Gasteiger partial charge in [-0.25, -0.2) is 4.79 Å². The highest BCUT2D eigenvalue weighted by molar-refractivity contribution is 6.39. The van der Waals surface area contributed by atoms with Crippen LogP contribution in [-0.2, 0) is 9.53 Å². The van der Waals surface area contributed by atoms with E-state index >= 15 is 0 Å². The zero-order valence-corrected chi connectivity index (χ0v) is 15.6. The highest BCUT2D eigenvalue weighted by Gasteiger charge is 2.26. The van der Waals surface area contributed by atoms with Gasteiger partial charge in [-0.2, -0.15) is 0 Å². The van der Waals surface area contributed by atoms with Gasteiger partial charge >= 0.3 is 5.97 Å². The lowest BCUT2D eigenvalue weighted by Crippen LogP contribution is -2.47. The average Bonchev–Trinajstić information content (AvgIpc) is 2.54.